The molecular formula is C28H27N7O2. The SMILES string of the molecule is CCN(CC)c1cccc(OCC(=O)Nc2cccc(-c3ccc4nnc(-c5ccccn5)n4n3)c2)c1. The minimum absolute atomic E-state index is 0.0930. The molecule has 0 atom stereocenters. The number of nitrogens with zero attached hydrogens (tertiary/aromatic N) is 6. The third-order valence-electron chi connectivity index (χ3n) is 5.92. The Kier molecular flexibility index (Phi) is 7.02. The fourth-order valence-corrected chi connectivity index (χ4v) is 4.06. The van der Waals surface area contributed by atoms with Crippen LogP contribution in [0.3, 0.4) is 0 Å². The van der Waals surface area contributed by atoms with Crippen LogP contribution in [0.5, 0.6) is 5.75 Å². The number of carbonyl (C=O) groups excluding carboxylic acids is 1. The number of rotatable bonds is 9. The van der Waals surface area contributed by atoms with Gasteiger partial charge in [0.05, 0.1) is 5.69 Å². The largest absolute Gasteiger partial charge is 0.484 e. The first-order valence-electron chi connectivity index (χ1n) is 12.2. The monoisotopic (exact) mass is 493 g/mol. The van der Waals surface area contributed by atoms with Gasteiger partial charge < -0.3 is 15.0 Å². The Hall–Kier alpha value is -4.79. The summed E-state index contributed by atoms with van der Waals surface area (Å²) in [5.74, 6) is 0.970. The van der Waals surface area contributed by atoms with E-state index in [-0.39, 0.29) is 12.5 Å². The molecule has 37 heavy (non-hydrogen) atoms. The number of benzene rings is 2. The molecule has 1 amide bonds. The number of hydrogen-bond acceptors (Lipinski definition) is 7. The number of carbonyl (C=O) groups is 1. The van der Waals surface area contributed by atoms with E-state index in [0.29, 0.717) is 34.3 Å². The van der Waals surface area contributed by atoms with Crippen molar-refractivity contribution in [1.29, 1.82) is 0 Å². The van der Waals surface area contributed by atoms with Crippen molar-refractivity contribution in [2.45, 2.75) is 13.8 Å². The van der Waals surface area contributed by atoms with Crippen molar-refractivity contribution in [3.63, 3.8) is 0 Å². The van der Waals surface area contributed by atoms with E-state index in [0.717, 1.165) is 24.3 Å². The van der Waals surface area contributed by atoms with Crippen LogP contribution in [0.25, 0.3) is 28.4 Å². The molecule has 5 aromatic rings. The van der Waals surface area contributed by atoms with Gasteiger partial charge in [-0.2, -0.15) is 9.61 Å². The molecule has 9 nitrogen and oxygen atoms in total. The van der Waals surface area contributed by atoms with Gasteiger partial charge in [-0.05, 0) is 62.4 Å². The van der Waals surface area contributed by atoms with Crippen molar-refractivity contribution in [3.8, 4) is 28.5 Å². The smallest absolute Gasteiger partial charge is 0.262 e. The molecule has 0 fully saturated rings. The Morgan fingerprint density at radius 2 is 1.78 bits per heavy atom. The average molecular weight is 494 g/mol. The molecule has 1 N–H and O–H groups in total. The van der Waals surface area contributed by atoms with E-state index in [1.54, 1.807) is 10.7 Å². The van der Waals surface area contributed by atoms with Crippen molar-refractivity contribution in [2.24, 2.45) is 0 Å². The summed E-state index contributed by atoms with van der Waals surface area (Å²) >= 11 is 0. The molecule has 0 spiro atoms. The zero-order valence-corrected chi connectivity index (χ0v) is 20.7. The molecule has 0 aliphatic carbocycles. The topological polar surface area (TPSA) is 97.5 Å². The molecule has 0 saturated heterocycles. The third-order valence-corrected chi connectivity index (χ3v) is 5.92. The first kappa shape index (κ1) is 23.9. The zero-order valence-electron chi connectivity index (χ0n) is 20.7. The van der Waals surface area contributed by atoms with E-state index in [2.05, 4.69) is 39.2 Å². The molecular weight excluding hydrogens is 466 g/mol. The first-order valence-corrected chi connectivity index (χ1v) is 12.2. The molecule has 0 bridgehead atoms. The van der Waals surface area contributed by atoms with Gasteiger partial charge in [-0.3, -0.25) is 9.78 Å². The molecule has 0 unspecified atom stereocenters. The van der Waals surface area contributed by atoms with Crippen molar-refractivity contribution in [1.82, 2.24) is 24.8 Å². The van der Waals surface area contributed by atoms with E-state index >= 15 is 0 Å². The predicted octanol–water partition coefficient (Wildman–Crippen LogP) is 4.72. The number of anilines is 2. The Balaban J connectivity index is 1.29. The third kappa shape index (κ3) is 5.40. The lowest BCUT2D eigenvalue weighted by Crippen LogP contribution is -2.22. The van der Waals surface area contributed by atoms with Crippen LogP contribution in [0.4, 0.5) is 11.4 Å². The summed E-state index contributed by atoms with van der Waals surface area (Å²) in [6.45, 7) is 5.93. The fraction of sp³-hybridized carbons (Fsp3) is 0.179. The molecule has 0 aliphatic heterocycles. The first-order chi connectivity index (χ1) is 18.1. The summed E-state index contributed by atoms with van der Waals surface area (Å²) in [6, 6.07) is 24.6. The number of nitrogens with one attached hydrogen (secondary N) is 1. The summed E-state index contributed by atoms with van der Waals surface area (Å²) in [5, 5.41) is 16.1. The standard InChI is InChI=1S/C28H27N7O2/c1-3-34(4-2)22-11-8-12-23(18-22)37-19-27(36)30-21-10-7-9-20(17-21)24-14-15-26-31-32-28(35(26)33-24)25-13-5-6-16-29-25/h5-18H,3-4,19H2,1-2H3,(H,30,36). The summed E-state index contributed by atoms with van der Waals surface area (Å²) in [6.07, 6.45) is 1.71. The molecule has 9 heteroatoms. The highest BCUT2D eigenvalue weighted by atomic mass is 16.5. The fourth-order valence-electron chi connectivity index (χ4n) is 4.06. The van der Waals surface area contributed by atoms with Crippen molar-refractivity contribution >= 4 is 22.9 Å². The molecule has 0 radical (unpaired) electrons. The maximum atomic E-state index is 12.6. The molecule has 2 aromatic carbocycles. The molecule has 5 rings (SSSR count). The number of aromatic nitrogens is 5. The highest BCUT2D eigenvalue weighted by Crippen LogP contribution is 2.24. The molecule has 0 aliphatic rings. The van der Waals surface area contributed by atoms with E-state index in [1.165, 1.54) is 0 Å². The van der Waals surface area contributed by atoms with Gasteiger partial charge in [-0.25, -0.2) is 0 Å². The maximum Gasteiger partial charge on any atom is 0.262 e. The van der Waals surface area contributed by atoms with Crippen molar-refractivity contribution < 1.29 is 9.53 Å². The quantitative estimate of drug-likeness (QED) is 0.317. The zero-order chi connectivity index (χ0) is 25.6. The minimum Gasteiger partial charge on any atom is -0.484 e. The van der Waals surface area contributed by atoms with E-state index < -0.39 is 0 Å². The van der Waals surface area contributed by atoms with Gasteiger partial charge in [0, 0.05) is 42.3 Å². The molecule has 3 aromatic heterocycles. The van der Waals surface area contributed by atoms with Gasteiger partial charge >= 0.3 is 0 Å². The summed E-state index contributed by atoms with van der Waals surface area (Å²) in [5.41, 5.74) is 4.58. The van der Waals surface area contributed by atoms with Crippen LogP contribution in [-0.2, 0) is 4.79 Å². The van der Waals surface area contributed by atoms with Crippen LogP contribution < -0.4 is 15.0 Å². The Labute approximate surface area is 214 Å². The number of hydrogen-bond donors (Lipinski definition) is 1. The molecule has 3 heterocycles. The lowest BCUT2D eigenvalue weighted by Gasteiger charge is -2.21. The van der Waals surface area contributed by atoms with Crippen LogP contribution in [-0.4, -0.2) is 50.4 Å². The van der Waals surface area contributed by atoms with Gasteiger partial charge in [0.25, 0.3) is 5.91 Å². The predicted molar refractivity (Wildman–Crippen MR) is 144 cm³/mol. The van der Waals surface area contributed by atoms with Gasteiger partial charge in [0.15, 0.2) is 12.3 Å². The summed E-state index contributed by atoms with van der Waals surface area (Å²) < 4.78 is 7.42. The van der Waals surface area contributed by atoms with Crippen LogP contribution in [0.1, 0.15) is 13.8 Å². The second kappa shape index (κ2) is 10.9. The number of ether oxygens (including phenoxy) is 1. The van der Waals surface area contributed by atoms with Gasteiger partial charge in [-0.1, -0.05) is 24.3 Å². The van der Waals surface area contributed by atoms with Crippen LogP contribution in [0.15, 0.2) is 85.1 Å². The van der Waals surface area contributed by atoms with E-state index in [4.69, 9.17) is 9.84 Å². The van der Waals surface area contributed by atoms with Gasteiger partial charge in [0.1, 0.15) is 11.4 Å². The summed E-state index contributed by atoms with van der Waals surface area (Å²) in [4.78, 5) is 19.2. The van der Waals surface area contributed by atoms with E-state index in [1.807, 2.05) is 78.9 Å². The number of fused-ring (bicyclic) bond motifs is 1. The van der Waals surface area contributed by atoms with Crippen LogP contribution >= 0.6 is 0 Å². The Morgan fingerprint density at radius 1 is 0.919 bits per heavy atom. The second-order valence-electron chi connectivity index (χ2n) is 8.31. The van der Waals surface area contributed by atoms with Gasteiger partial charge in [0.2, 0.25) is 5.82 Å². The molecule has 186 valence electrons. The normalized spacial score (nSPS) is 10.9. The highest BCUT2D eigenvalue weighted by molar-refractivity contribution is 5.92. The lowest BCUT2D eigenvalue weighted by molar-refractivity contribution is -0.118. The van der Waals surface area contributed by atoms with Gasteiger partial charge in [-0.15, -0.1) is 10.2 Å². The van der Waals surface area contributed by atoms with Crippen LogP contribution in [0.2, 0.25) is 0 Å². The number of amides is 1. The average Bonchev–Trinajstić information content (AvgIpc) is 3.37. The second-order valence-corrected chi connectivity index (χ2v) is 8.31. The number of pyridine rings is 1. The van der Waals surface area contributed by atoms with Crippen molar-refractivity contribution in [2.75, 3.05) is 29.9 Å². The van der Waals surface area contributed by atoms with E-state index in [9.17, 15) is 4.79 Å². The highest BCUT2D eigenvalue weighted by Gasteiger charge is 2.12. The van der Waals surface area contributed by atoms with Crippen LogP contribution in [0, 0.1) is 0 Å². The van der Waals surface area contributed by atoms with Crippen molar-refractivity contribution in [3.05, 3.63) is 85.1 Å². The maximum absolute atomic E-state index is 12.6. The Morgan fingerprint density at radius 3 is 2.59 bits per heavy atom. The molecule has 0 saturated carbocycles. The summed E-state index contributed by atoms with van der Waals surface area (Å²) in [7, 11) is 0. The minimum atomic E-state index is -0.245. The lowest BCUT2D eigenvalue weighted by atomic mass is 10.1. The Bertz CT molecular complexity index is 1510.